The molecule has 0 bridgehead atoms. The van der Waals surface area contributed by atoms with E-state index in [4.69, 9.17) is 10.2 Å². The zero-order valence-electron chi connectivity index (χ0n) is 10.3. The van der Waals surface area contributed by atoms with Crippen LogP contribution in [-0.4, -0.2) is 22.5 Å². The Hall–Kier alpha value is -0.870. The molecule has 2 N–H and O–H groups in total. The Morgan fingerprint density at radius 2 is 2.25 bits per heavy atom. The number of nitrogens with zero attached hydrogens (tertiary/aromatic N) is 2. The summed E-state index contributed by atoms with van der Waals surface area (Å²) in [4.78, 5) is 6.81. The number of rotatable bonds is 3. The second-order valence-electron chi connectivity index (χ2n) is 4.88. The predicted octanol–water partition coefficient (Wildman–Crippen LogP) is 2.24. The summed E-state index contributed by atoms with van der Waals surface area (Å²) in [7, 11) is 0. The van der Waals surface area contributed by atoms with Gasteiger partial charge in [0.15, 0.2) is 0 Å². The lowest BCUT2D eigenvalue weighted by Gasteiger charge is -2.25. The number of hydrogen-bond acceptors (Lipinski definition) is 4. The van der Waals surface area contributed by atoms with Gasteiger partial charge in [-0.2, -0.15) is 0 Å². The molecule has 1 aliphatic rings. The summed E-state index contributed by atoms with van der Waals surface area (Å²) in [5, 5.41) is 0. The van der Waals surface area contributed by atoms with E-state index in [-0.39, 0.29) is 6.04 Å². The lowest BCUT2D eigenvalue weighted by Crippen LogP contribution is -2.30. The van der Waals surface area contributed by atoms with Gasteiger partial charge in [-0.15, -0.1) is 0 Å². The molecule has 0 radical (unpaired) electrons. The highest BCUT2D eigenvalue weighted by atomic mass is 16.4. The third kappa shape index (κ3) is 2.13. The van der Waals surface area contributed by atoms with Crippen LogP contribution in [0.2, 0.25) is 0 Å². The van der Waals surface area contributed by atoms with Gasteiger partial charge in [0.05, 0.1) is 18.3 Å². The van der Waals surface area contributed by atoms with Crippen molar-refractivity contribution in [1.82, 2.24) is 9.88 Å². The lowest BCUT2D eigenvalue weighted by atomic mass is 10.2. The van der Waals surface area contributed by atoms with Crippen molar-refractivity contribution in [2.75, 3.05) is 6.54 Å². The minimum Gasteiger partial charge on any atom is -0.442 e. The van der Waals surface area contributed by atoms with Gasteiger partial charge in [-0.25, -0.2) is 4.98 Å². The monoisotopic (exact) mass is 223 g/mol. The van der Waals surface area contributed by atoms with Gasteiger partial charge < -0.3 is 10.2 Å². The summed E-state index contributed by atoms with van der Waals surface area (Å²) in [6, 6.07) is 0.806. The Morgan fingerprint density at radius 3 is 2.81 bits per heavy atom. The molecule has 0 saturated carbocycles. The van der Waals surface area contributed by atoms with Crippen LogP contribution in [0.3, 0.4) is 0 Å². The van der Waals surface area contributed by atoms with E-state index in [2.05, 4.69) is 23.7 Å². The fourth-order valence-electron chi connectivity index (χ4n) is 2.34. The Balaban J connectivity index is 2.16. The fraction of sp³-hybridized carbons (Fsp3) is 0.750. The third-order valence-corrected chi connectivity index (χ3v) is 3.23. The maximum Gasteiger partial charge on any atom is 0.211 e. The minimum atomic E-state index is -0.0739. The molecule has 4 heteroatoms. The van der Waals surface area contributed by atoms with Crippen molar-refractivity contribution < 1.29 is 4.42 Å². The van der Waals surface area contributed by atoms with Gasteiger partial charge in [-0.05, 0) is 40.2 Å². The first-order valence-corrected chi connectivity index (χ1v) is 6.06. The van der Waals surface area contributed by atoms with Gasteiger partial charge in [0.1, 0.15) is 5.76 Å². The molecule has 1 aromatic rings. The van der Waals surface area contributed by atoms with Crippen LogP contribution in [0.15, 0.2) is 10.6 Å². The van der Waals surface area contributed by atoms with E-state index in [0.717, 1.165) is 24.6 Å². The summed E-state index contributed by atoms with van der Waals surface area (Å²) < 4.78 is 5.73. The van der Waals surface area contributed by atoms with Crippen molar-refractivity contribution in [3.8, 4) is 0 Å². The molecule has 0 amide bonds. The number of nitrogens with two attached hydrogens (primary N) is 1. The zero-order chi connectivity index (χ0) is 11.7. The van der Waals surface area contributed by atoms with Crippen molar-refractivity contribution in [3.05, 3.63) is 17.8 Å². The van der Waals surface area contributed by atoms with E-state index in [0.29, 0.717) is 12.1 Å². The van der Waals surface area contributed by atoms with E-state index < -0.39 is 0 Å². The molecule has 2 unspecified atom stereocenters. The number of likely N-dealkylation sites (tertiary alicyclic amines) is 1. The molecule has 1 aliphatic heterocycles. The zero-order valence-corrected chi connectivity index (χ0v) is 10.3. The van der Waals surface area contributed by atoms with E-state index >= 15 is 0 Å². The average molecular weight is 223 g/mol. The predicted molar refractivity (Wildman–Crippen MR) is 62.9 cm³/mol. The first kappa shape index (κ1) is 11.6. The molecule has 0 aromatic carbocycles. The highest BCUT2D eigenvalue weighted by Gasteiger charge is 2.31. The molecule has 16 heavy (non-hydrogen) atoms. The van der Waals surface area contributed by atoms with Crippen LogP contribution in [0.25, 0.3) is 0 Å². The van der Waals surface area contributed by atoms with E-state index in [1.54, 1.807) is 6.20 Å². The smallest absolute Gasteiger partial charge is 0.211 e. The number of hydrogen-bond donors (Lipinski definition) is 1. The molecular formula is C12H21N3O. The molecule has 1 fully saturated rings. The van der Waals surface area contributed by atoms with Gasteiger partial charge in [0.25, 0.3) is 0 Å². The van der Waals surface area contributed by atoms with Crippen molar-refractivity contribution in [3.63, 3.8) is 0 Å². The summed E-state index contributed by atoms with van der Waals surface area (Å²) in [6.45, 7) is 7.48. The highest BCUT2D eigenvalue weighted by molar-refractivity contribution is 5.03. The van der Waals surface area contributed by atoms with Gasteiger partial charge in [-0.1, -0.05) is 0 Å². The standard InChI is InChI=1S/C12H21N3O/c1-8(2)15-6-4-5-10(15)12-14-7-11(16-12)9(3)13/h7-10H,4-6,13H2,1-3H3. The third-order valence-electron chi connectivity index (χ3n) is 3.23. The topological polar surface area (TPSA) is 55.3 Å². The number of oxazole rings is 1. The summed E-state index contributed by atoms with van der Waals surface area (Å²) in [5.41, 5.74) is 5.77. The average Bonchev–Trinajstić information content (AvgIpc) is 2.86. The second kappa shape index (κ2) is 4.55. The largest absolute Gasteiger partial charge is 0.442 e. The van der Waals surface area contributed by atoms with E-state index in [1.807, 2.05) is 6.92 Å². The molecule has 2 heterocycles. The molecule has 4 nitrogen and oxygen atoms in total. The van der Waals surface area contributed by atoms with Crippen LogP contribution >= 0.6 is 0 Å². The first-order chi connectivity index (χ1) is 7.59. The Kier molecular flexibility index (Phi) is 3.30. The lowest BCUT2D eigenvalue weighted by molar-refractivity contribution is 0.177. The van der Waals surface area contributed by atoms with Gasteiger partial charge in [0.2, 0.25) is 5.89 Å². The Morgan fingerprint density at radius 1 is 1.50 bits per heavy atom. The Bertz CT molecular complexity index is 346. The van der Waals surface area contributed by atoms with Gasteiger partial charge in [0, 0.05) is 6.04 Å². The SMILES string of the molecule is CC(N)c1cnc(C2CCCN2C(C)C)o1. The quantitative estimate of drug-likeness (QED) is 0.853. The fourth-order valence-corrected chi connectivity index (χ4v) is 2.34. The molecule has 90 valence electrons. The summed E-state index contributed by atoms with van der Waals surface area (Å²) >= 11 is 0. The van der Waals surface area contributed by atoms with Crippen LogP contribution in [0.5, 0.6) is 0 Å². The number of aromatic nitrogens is 1. The Labute approximate surface area is 96.8 Å². The van der Waals surface area contributed by atoms with Gasteiger partial charge >= 0.3 is 0 Å². The van der Waals surface area contributed by atoms with Crippen LogP contribution < -0.4 is 5.73 Å². The molecule has 1 aromatic heterocycles. The van der Waals surface area contributed by atoms with Crippen molar-refractivity contribution >= 4 is 0 Å². The first-order valence-electron chi connectivity index (χ1n) is 6.06. The van der Waals surface area contributed by atoms with E-state index in [1.165, 1.54) is 6.42 Å². The molecule has 1 saturated heterocycles. The van der Waals surface area contributed by atoms with Crippen molar-refractivity contribution in [1.29, 1.82) is 0 Å². The van der Waals surface area contributed by atoms with Crippen LogP contribution in [0.1, 0.15) is 57.3 Å². The van der Waals surface area contributed by atoms with Crippen LogP contribution in [-0.2, 0) is 0 Å². The van der Waals surface area contributed by atoms with Crippen molar-refractivity contribution in [2.45, 2.75) is 51.7 Å². The molecule has 0 spiro atoms. The maximum absolute atomic E-state index is 5.77. The maximum atomic E-state index is 5.77. The van der Waals surface area contributed by atoms with Crippen LogP contribution in [0.4, 0.5) is 0 Å². The van der Waals surface area contributed by atoms with Crippen molar-refractivity contribution in [2.24, 2.45) is 5.73 Å². The second-order valence-corrected chi connectivity index (χ2v) is 4.88. The molecule has 2 atom stereocenters. The van der Waals surface area contributed by atoms with Crippen LogP contribution in [0, 0.1) is 0 Å². The molecule has 0 aliphatic carbocycles. The normalized spacial score (nSPS) is 24.2. The summed E-state index contributed by atoms with van der Waals surface area (Å²) in [5.74, 6) is 1.61. The minimum absolute atomic E-state index is 0.0739. The van der Waals surface area contributed by atoms with Gasteiger partial charge in [-0.3, -0.25) is 4.90 Å². The molecular weight excluding hydrogens is 202 g/mol. The van der Waals surface area contributed by atoms with E-state index in [9.17, 15) is 0 Å². The highest BCUT2D eigenvalue weighted by Crippen LogP contribution is 2.33. The molecule has 2 rings (SSSR count). The summed E-state index contributed by atoms with van der Waals surface area (Å²) in [6.07, 6.45) is 4.12.